The summed E-state index contributed by atoms with van der Waals surface area (Å²) in [5, 5.41) is 8.66. The van der Waals surface area contributed by atoms with E-state index in [1.165, 1.54) is 24.0 Å². The molecule has 1 aromatic heterocycles. The average Bonchev–Trinajstić information content (AvgIpc) is 3.31. The molecule has 0 saturated carbocycles. The van der Waals surface area contributed by atoms with Crippen LogP contribution in [0.4, 0.5) is 5.69 Å². The van der Waals surface area contributed by atoms with Gasteiger partial charge in [0, 0.05) is 13.1 Å². The second kappa shape index (κ2) is 11.0. The van der Waals surface area contributed by atoms with Crippen LogP contribution in [0.1, 0.15) is 34.5 Å². The number of aromatic nitrogens is 1. The summed E-state index contributed by atoms with van der Waals surface area (Å²) in [5.74, 6) is -0.974. The molecule has 0 aliphatic carbocycles. The fourth-order valence-electron chi connectivity index (χ4n) is 3.11. The van der Waals surface area contributed by atoms with Crippen molar-refractivity contribution < 1.29 is 14.6 Å². The van der Waals surface area contributed by atoms with Crippen molar-refractivity contribution >= 4 is 11.7 Å². The van der Waals surface area contributed by atoms with Gasteiger partial charge in [-0.3, -0.25) is 0 Å². The zero-order valence-electron chi connectivity index (χ0n) is 16.4. The van der Waals surface area contributed by atoms with Crippen molar-refractivity contribution in [1.29, 1.82) is 0 Å². The minimum Gasteiger partial charge on any atom is -0.477 e. The van der Waals surface area contributed by atoms with Crippen LogP contribution in [0.2, 0.25) is 0 Å². The van der Waals surface area contributed by atoms with E-state index in [4.69, 9.17) is 9.84 Å². The molecule has 0 atom stereocenters. The Balaban J connectivity index is 0.000000166. The monoisotopic (exact) mass is 390 g/mol. The standard InChI is InChI=1S/C14H14O.C10H12N2O2/c1-3-7-13(8-4-1)11-15-12-14-9-5-2-6-10-14;13-10(14)9-4-3-8(7-11-9)12-5-1-2-6-12/h1-10H,11-12H2;3-4,7H,1-2,5-6H2,(H,13,14). The van der Waals surface area contributed by atoms with Crippen LogP contribution in [0, 0.1) is 0 Å². The van der Waals surface area contributed by atoms with Gasteiger partial charge in [-0.25, -0.2) is 9.78 Å². The highest BCUT2D eigenvalue weighted by Gasteiger charge is 2.13. The molecule has 1 aliphatic heterocycles. The second-order valence-electron chi connectivity index (χ2n) is 6.86. The molecule has 5 nitrogen and oxygen atoms in total. The Kier molecular flexibility index (Phi) is 7.78. The maximum atomic E-state index is 10.6. The molecule has 5 heteroatoms. The lowest BCUT2D eigenvalue weighted by Crippen LogP contribution is -2.17. The molecule has 1 N–H and O–H groups in total. The predicted octanol–water partition coefficient (Wildman–Crippen LogP) is 4.78. The Hall–Kier alpha value is -3.18. The maximum Gasteiger partial charge on any atom is 0.354 e. The molecular formula is C24H26N2O3. The van der Waals surface area contributed by atoms with Crippen LogP contribution in [0.25, 0.3) is 0 Å². The van der Waals surface area contributed by atoms with Gasteiger partial charge in [-0.2, -0.15) is 0 Å². The van der Waals surface area contributed by atoms with E-state index < -0.39 is 5.97 Å². The van der Waals surface area contributed by atoms with E-state index in [1.807, 2.05) is 42.5 Å². The van der Waals surface area contributed by atoms with Crippen molar-refractivity contribution in [2.45, 2.75) is 26.1 Å². The fraction of sp³-hybridized carbons (Fsp3) is 0.250. The third-order valence-electron chi connectivity index (χ3n) is 4.66. The summed E-state index contributed by atoms with van der Waals surface area (Å²) >= 11 is 0. The quantitative estimate of drug-likeness (QED) is 0.656. The summed E-state index contributed by atoms with van der Waals surface area (Å²) in [5.41, 5.74) is 3.56. The number of nitrogens with zero attached hydrogens (tertiary/aromatic N) is 2. The topological polar surface area (TPSA) is 62.7 Å². The minimum absolute atomic E-state index is 0.105. The summed E-state index contributed by atoms with van der Waals surface area (Å²) < 4.78 is 5.61. The summed E-state index contributed by atoms with van der Waals surface area (Å²) in [7, 11) is 0. The first-order valence-corrected chi connectivity index (χ1v) is 9.82. The number of rotatable bonds is 6. The van der Waals surface area contributed by atoms with Crippen LogP contribution in [-0.2, 0) is 18.0 Å². The number of carboxylic acids is 1. The summed E-state index contributed by atoms with van der Waals surface area (Å²) in [4.78, 5) is 16.7. The zero-order chi connectivity index (χ0) is 20.3. The Labute approximate surface area is 171 Å². The first kappa shape index (κ1) is 20.6. The number of carbonyl (C=O) groups is 1. The lowest BCUT2D eigenvalue weighted by Gasteiger charge is -2.16. The molecule has 1 saturated heterocycles. The molecule has 3 aromatic rings. The zero-order valence-corrected chi connectivity index (χ0v) is 16.4. The smallest absolute Gasteiger partial charge is 0.354 e. The Bertz CT molecular complexity index is 822. The van der Waals surface area contributed by atoms with Crippen molar-refractivity contribution in [3.63, 3.8) is 0 Å². The molecule has 2 aromatic carbocycles. The van der Waals surface area contributed by atoms with E-state index >= 15 is 0 Å². The predicted molar refractivity (Wildman–Crippen MR) is 114 cm³/mol. The van der Waals surface area contributed by atoms with E-state index in [2.05, 4.69) is 34.1 Å². The number of aromatic carboxylic acids is 1. The van der Waals surface area contributed by atoms with Gasteiger partial charge in [0.1, 0.15) is 5.69 Å². The van der Waals surface area contributed by atoms with Gasteiger partial charge in [-0.05, 0) is 36.1 Å². The lowest BCUT2D eigenvalue weighted by molar-refractivity contribution is 0.0690. The van der Waals surface area contributed by atoms with Crippen LogP contribution in [-0.4, -0.2) is 29.1 Å². The van der Waals surface area contributed by atoms with E-state index in [0.717, 1.165) is 18.8 Å². The van der Waals surface area contributed by atoms with E-state index in [9.17, 15) is 4.79 Å². The van der Waals surface area contributed by atoms with Crippen molar-refractivity contribution in [2.24, 2.45) is 0 Å². The first-order chi connectivity index (χ1) is 14.2. The molecule has 0 spiro atoms. The van der Waals surface area contributed by atoms with Crippen LogP contribution in [0.5, 0.6) is 0 Å². The number of carboxylic acid groups (broad SMARTS) is 1. The SMILES string of the molecule is O=C(O)c1ccc(N2CCCC2)cn1.c1ccc(COCc2ccccc2)cc1. The van der Waals surface area contributed by atoms with E-state index in [0.29, 0.717) is 13.2 Å². The van der Waals surface area contributed by atoms with Crippen molar-refractivity contribution in [1.82, 2.24) is 4.98 Å². The summed E-state index contributed by atoms with van der Waals surface area (Å²) in [6.07, 6.45) is 4.05. The molecular weight excluding hydrogens is 364 g/mol. The molecule has 0 amide bonds. The number of anilines is 1. The number of pyridine rings is 1. The highest BCUT2D eigenvalue weighted by Crippen LogP contribution is 2.18. The Morgan fingerprint density at radius 1 is 0.862 bits per heavy atom. The van der Waals surface area contributed by atoms with E-state index in [1.54, 1.807) is 12.3 Å². The highest BCUT2D eigenvalue weighted by molar-refractivity contribution is 5.85. The fourth-order valence-corrected chi connectivity index (χ4v) is 3.11. The molecule has 4 rings (SSSR count). The number of benzene rings is 2. The Morgan fingerprint density at radius 2 is 1.41 bits per heavy atom. The maximum absolute atomic E-state index is 10.6. The van der Waals surface area contributed by atoms with Crippen molar-refractivity contribution in [3.8, 4) is 0 Å². The summed E-state index contributed by atoms with van der Waals surface area (Å²) in [6.45, 7) is 3.45. The molecule has 1 aliphatic rings. The van der Waals surface area contributed by atoms with Gasteiger partial charge < -0.3 is 14.7 Å². The van der Waals surface area contributed by atoms with Gasteiger partial charge in [0.25, 0.3) is 0 Å². The number of ether oxygens (including phenoxy) is 1. The van der Waals surface area contributed by atoms with Gasteiger partial charge in [0.15, 0.2) is 0 Å². The third kappa shape index (κ3) is 6.73. The normalized spacial score (nSPS) is 12.9. The second-order valence-corrected chi connectivity index (χ2v) is 6.86. The average molecular weight is 390 g/mol. The largest absolute Gasteiger partial charge is 0.477 e. The van der Waals surface area contributed by atoms with Crippen LogP contribution < -0.4 is 4.90 Å². The van der Waals surface area contributed by atoms with Crippen LogP contribution in [0.3, 0.4) is 0 Å². The molecule has 150 valence electrons. The number of hydrogen-bond acceptors (Lipinski definition) is 4. The van der Waals surface area contributed by atoms with Gasteiger partial charge >= 0.3 is 5.97 Å². The van der Waals surface area contributed by atoms with Crippen molar-refractivity contribution in [2.75, 3.05) is 18.0 Å². The molecule has 0 unspecified atom stereocenters. The number of hydrogen-bond donors (Lipinski definition) is 1. The van der Waals surface area contributed by atoms with Gasteiger partial charge in [-0.1, -0.05) is 60.7 Å². The third-order valence-corrected chi connectivity index (χ3v) is 4.66. The molecule has 0 radical (unpaired) electrons. The van der Waals surface area contributed by atoms with Crippen LogP contribution in [0.15, 0.2) is 79.0 Å². The van der Waals surface area contributed by atoms with E-state index in [-0.39, 0.29) is 5.69 Å². The van der Waals surface area contributed by atoms with Gasteiger partial charge in [-0.15, -0.1) is 0 Å². The first-order valence-electron chi connectivity index (χ1n) is 9.82. The highest BCUT2D eigenvalue weighted by atomic mass is 16.5. The van der Waals surface area contributed by atoms with Crippen molar-refractivity contribution in [3.05, 3.63) is 95.8 Å². The Morgan fingerprint density at radius 3 is 1.86 bits per heavy atom. The molecule has 0 bridgehead atoms. The molecule has 29 heavy (non-hydrogen) atoms. The lowest BCUT2D eigenvalue weighted by atomic mass is 10.2. The van der Waals surface area contributed by atoms with Gasteiger partial charge in [0.05, 0.1) is 25.1 Å². The van der Waals surface area contributed by atoms with Gasteiger partial charge in [0.2, 0.25) is 0 Å². The molecule has 2 heterocycles. The molecule has 1 fully saturated rings. The van der Waals surface area contributed by atoms with Crippen LogP contribution >= 0.6 is 0 Å². The minimum atomic E-state index is -0.974. The summed E-state index contributed by atoms with van der Waals surface area (Å²) in [6, 6.07) is 23.8.